The van der Waals surface area contributed by atoms with E-state index in [1.54, 1.807) is 24.4 Å². The van der Waals surface area contributed by atoms with Gasteiger partial charge in [-0.2, -0.15) is 0 Å². The van der Waals surface area contributed by atoms with E-state index in [-0.39, 0.29) is 17.0 Å². The summed E-state index contributed by atoms with van der Waals surface area (Å²) < 4.78 is 25.3. The summed E-state index contributed by atoms with van der Waals surface area (Å²) in [6.45, 7) is 3.12. The van der Waals surface area contributed by atoms with E-state index in [0.717, 1.165) is 18.8 Å². The molecule has 1 amide bonds. The Morgan fingerprint density at radius 2 is 1.90 bits per heavy atom. The van der Waals surface area contributed by atoms with E-state index in [1.807, 2.05) is 24.3 Å². The van der Waals surface area contributed by atoms with Crippen molar-refractivity contribution in [3.8, 4) is 17.0 Å². The number of carbonyl (C=O) groups is 1. The fourth-order valence-corrected chi connectivity index (χ4v) is 3.39. The van der Waals surface area contributed by atoms with Gasteiger partial charge in [0.25, 0.3) is 5.91 Å². The van der Waals surface area contributed by atoms with Crippen LogP contribution in [-0.2, 0) is 4.74 Å². The van der Waals surface area contributed by atoms with Gasteiger partial charge in [0, 0.05) is 41.8 Å². The van der Waals surface area contributed by atoms with E-state index in [0.29, 0.717) is 30.3 Å². The molecule has 0 unspecified atom stereocenters. The van der Waals surface area contributed by atoms with Crippen LogP contribution in [-0.4, -0.2) is 44.3 Å². The number of hydrogen-bond acceptors (Lipinski definition) is 5. The highest BCUT2D eigenvalue weighted by Crippen LogP contribution is 2.30. The van der Waals surface area contributed by atoms with Gasteiger partial charge in [0.15, 0.2) is 0 Å². The molecule has 30 heavy (non-hydrogen) atoms. The number of morpholine rings is 1. The van der Waals surface area contributed by atoms with Crippen LogP contribution in [0.15, 0.2) is 60.8 Å². The van der Waals surface area contributed by atoms with Crippen molar-refractivity contribution in [1.29, 1.82) is 0 Å². The normalized spacial score (nSPS) is 13.7. The van der Waals surface area contributed by atoms with Crippen LogP contribution in [0.4, 0.5) is 15.8 Å². The van der Waals surface area contributed by atoms with Gasteiger partial charge < -0.3 is 19.7 Å². The first-order valence-corrected chi connectivity index (χ1v) is 9.69. The van der Waals surface area contributed by atoms with E-state index in [9.17, 15) is 9.18 Å². The number of nitrogens with one attached hydrogen (secondary N) is 1. The van der Waals surface area contributed by atoms with Gasteiger partial charge in [0.2, 0.25) is 0 Å². The lowest BCUT2D eigenvalue weighted by molar-refractivity contribution is 0.102. The summed E-state index contributed by atoms with van der Waals surface area (Å²) in [4.78, 5) is 19.0. The standard InChI is InChI=1S/C23H22FN3O3/c1-29-21-3-2-10-25-22(21)19-9-4-16(15-20(19)24)23(28)26-17-5-7-18(8-6-17)27-11-13-30-14-12-27/h2-10,15H,11-14H2,1H3,(H,26,28). The Labute approximate surface area is 174 Å². The monoisotopic (exact) mass is 407 g/mol. The Balaban J connectivity index is 1.48. The first-order valence-electron chi connectivity index (χ1n) is 9.69. The van der Waals surface area contributed by atoms with Crippen molar-refractivity contribution in [1.82, 2.24) is 4.98 Å². The minimum atomic E-state index is -0.540. The average Bonchev–Trinajstić information content (AvgIpc) is 2.80. The van der Waals surface area contributed by atoms with Crippen molar-refractivity contribution in [3.05, 3.63) is 72.2 Å². The summed E-state index contributed by atoms with van der Waals surface area (Å²) in [5.74, 6) is -0.455. The maximum absolute atomic E-state index is 14.7. The van der Waals surface area contributed by atoms with E-state index in [2.05, 4.69) is 15.2 Å². The molecule has 1 N–H and O–H groups in total. The molecule has 2 aromatic carbocycles. The second-order valence-electron chi connectivity index (χ2n) is 6.85. The molecule has 0 bridgehead atoms. The van der Waals surface area contributed by atoms with Crippen LogP contribution < -0.4 is 15.0 Å². The van der Waals surface area contributed by atoms with Gasteiger partial charge in [-0.1, -0.05) is 0 Å². The van der Waals surface area contributed by atoms with E-state index in [4.69, 9.17) is 9.47 Å². The molecule has 1 aromatic heterocycles. The van der Waals surface area contributed by atoms with Crippen LogP contribution in [0.3, 0.4) is 0 Å². The number of nitrogens with zero attached hydrogens (tertiary/aromatic N) is 2. The molecule has 4 rings (SSSR count). The number of benzene rings is 2. The molecule has 1 saturated heterocycles. The molecule has 0 spiro atoms. The van der Waals surface area contributed by atoms with Gasteiger partial charge in [0.05, 0.1) is 20.3 Å². The molecule has 0 radical (unpaired) electrons. The zero-order valence-corrected chi connectivity index (χ0v) is 16.6. The second-order valence-corrected chi connectivity index (χ2v) is 6.85. The van der Waals surface area contributed by atoms with Crippen molar-refractivity contribution >= 4 is 17.3 Å². The second kappa shape index (κ2) is 8.92. The fourth-order valence-electron chi connectivity index (χ4n) is 3.39. The van der Waals surface area contributed by atoms with E-state index >= 15 is 0 Å². The predicted octanol–water partition coefficient (Wildman–Crippen LogP) is 3.99. The minimum absolute atomic E-state index is 0.225. The van der Waals surface area contributed by atoms with Crippen LogP contribution in [0.25, 0.3) is 11.3 Å². The van der Waals surface area contributed by atoms with Crippen LogP contribution in [0.1, 0.15) is 10.4 Å². The Bertz CT molecular complexity index is 1030. The molecule has 0 aliphatic carbocycles. The summed E-state index contributed by atoms with van der Waals surface area (Å²) in [6.07, 6.45) is 1.57. The SMILES string of the molecule is COc1cccnc1-c1ccc(C(=O)Nc2ccc(N3CCOCC3)cc2)cc1F. The van der Waals surface area contributed by atoms with Crippen molar-refractivity contribution in [2.75, 3.05) is 43.6 Å². The number of hydrogen-bond donors (Lipinski definition) is 1. The topological polar surface area (TPSA) is 63.7 Å². The van der Waals surface area contributed by atoms with E-state index in [1.165, 1.54) is 19.2 Å². The number of pyridine rings is 1. The summed E-state index contributed by atoms with van der Waals surface area (Å²) in [5, 5.41) is 2.81. The Morgan fingerprint density at radius 1 is 1.13 bits per heavy atom. The summed E-state index contributed by atoms with van der Waals surface area (Å²) in [7, 11) is 1.50. The van der Waals surface area contributed by atoms with Crippen LogP contribution in [0, 0.1) is 5.82 Å². The molecule has 7 heteroatoms. The molecule has 6 nitrogen and oxygen atoms in total. The first-order chi connectivity index (χ1) is 14.7. The lowest BCUT2D eigenvalue weighted by Gasteiger charge is -2.28. The number of rotatable bonds is 5. The zero-order valence-electron chi connectivity index (χ0n) is 16.6. The molecule has 0 atom stereocenters. The van der Waals surface area contributed by atoms with Gasteiger partial charge >= 0.3 is 0 Å². The van der Waals surface area contributed by atoms with Gasteiger partial charge in [-0.05, 0) is 54.6 Å². The lowest BCUT2D eigenvalue weighted by Crippen LogP contribution is -2.36. The average molecular weight is 407 g/mol. The summed E-state index contributed by atoms with van der Waals surface area (Å²) in [6, 6.07) is 15.3. The Hall–Kier alpha value is -3.45. The summed E-state index contributed by atoms with van der Waals surface area (Å²) >= 11 is 0. The molecule has 1 aliphatic rings. The summed E-state index contributed by atoms with van der Waals surface area (Å²) in [5.41, 5.74) is 2.62. The Morgan fingerprint density at radius 3 is 2.60 bits per heavy atom. The molecule has 154 valence electrons. The fraction of sp³-hybridized carbons (Fsp3) is 0.217. The van der Waals surface area contributed by atoms with Crippen LogP contribution in [0.2, 0.25) is 0 Å². The number of methoxy groups -OCH3 is 1. The van der Waals surface area contributed by atoms with Gasteiger partial charge in [-0.15, -0.1) is 0 Å². The maximum atomic E-state index is 14.7. The molecule has 1 fully saturated rings. The number of ether oxygens (including phenoxy) is 2. The Kier molecular flexibility index (Phi) is 5.90. The third-order valence-corrected chi connectivity index (χ3v) is 4.98. The molecule has 1 aliphatic heterocycles. The highest BCUT2D eigenvalue weighted by Gasteiger charge is 2.16. The highest BCUT2D eigenvalue weighted by atomic mass is 19.1. The number of aromatic nitrogens is 1. The third-order valence-electron chi connectivity index (χ3n) is 4.98. The number of anilines is 2. The lowest BCUT2D eigenvalue weighted by atomic mass is 10.1. The molecular weight excluding hydrogens is 385 g/mol. The molecule has 3 aromatic rings. The van der Waals surface area contributed by atoms with Crippen LogP contribution >= 0.6 is 0 Å². The first kappa shape index (κ1) is 19.8. The number of amides is 1. The largest absolute Gasteiger partial charge is 0.494 e. The zero-order chi connectivity index (χ0) is 20.9. The van der Waals surface area contributed by atoms with Crippen LogP contribution in [0.5, 0.6) is 5.75 Å². The van der Waals surface area contributed by atoms with E-state index < -0.39 is 5.82 Å². The highest BCUT2D eigenvalue weighted by molar-refractivity contribution is 6.04. The van der Waals surface area contributed by atoms with Gasteiger partial charge in [-0.3, -0.25) is 9.78 Å². The van der Waals surface area contributed by atoms with Crippen molar-refractivity contribution < 1.29 is 18.7 Å². The van der Waals surface area contributed by atoms with Crippen molar-refractivity contribution in [2.24, 2.45) is 0 Å². The minimum Gasteiger partial charge on any atom is -0.494 e. The van der Waals surface area contributed by atoms with Crippen molar-refractivity contribution in [3.63, 3.8) is 0 Å². The third kappa shape index (κ3) is 4.26. The number of halogens is 1. The molecular formula is C23H22FN3O3. The van der Waals surface area contributed by atoms with Crippen molar-refractivity contribution in [2.45, 2.75) is 0 Å². The quantitative estimate of drug-likeness (QED) is 0.693. The number of carbonyl (C=O) groups excluding carboxylic acids is 1. The maximum Gasteiger partial charge on any atom is 0.255 e. The molecule has 2 heterocycles. The van der Waals surface area contributed by atoms with Gasteiger partial charge in [-0.25, -0.2) is 4.39 Å². The smallest absolute Gasteiger partial charge is 0.255 e. The predicted molar refractivity (Wildman–Crippen MR) is 114 cm³/mol. The van der Waals surface area contributed by atoms with Gasteiger partial charge in [0.1, 0.15) is 17.3 Å². The molecule has 0 saturated carbocycles.